The number of nitrogens with zero attached hydrogens (tertiary/aromatic N) is 7. The van der Waals surface area contributed by atoms with Crippen molar-refractivity contribution in [3.63, 3.8) is 0 Å². The Kier molecular flexibility index (Phi) is 8.59. The van der Waals surface area contributed by atoms with Crippen LogP contribution in [-0.2, 0) is 4.79 Å². The fraction of sp³-hybridized carbons (Fsp3) is 0.526. The molecule has 13 heteroatoms. The summed E-state index contributed by atoms with van der Waals surface area (Å²) in [6, 6.07) is 6.05. The zero-order chi connectivity index (χ0) is 35.5. The molecule has 3 aliphatic heterocycles. The first-order valence-electron chi connectivity index (χ1n) is 18.1. The highest BCUT2D eigenvalue weighted by molar-refractivity contribution is 6.06. The van der Waals surface area contributed by atoms with Crippen molar-refractivity contribution < 1.29 is 22.7 Å². The van der Waals surface area contributed by atoms with Crippen LogP contribution in [0.4, 0.5) is 24.9 Å². The van der Waals surface area contributed by atoms with Gasteiger partial charge in [-0.15, -0.1) is 0 Å². The van der Waals surface area contributed by atoms with E-state index in [-0.39, 0.29) is 23.0 Å². The lowest BCUT2D eigenvalue weighted by Crippen LogP contribution is -2.61. The summed E-state index contributed by atoms with van der Waals surface area (Å²) in [5.74, 6) is 1.47. The molecule has 2 aromatic carbocycles. The molecule has 1 saturated carbocycles. The number of fused-ring (bicyclic) bond motifs is 2. The number of likely N-dealkylation sites (tertiary alicyclic amines) is 2. The van der Waals surface area contributed by atoms with Crippen LogP contribution in [0.3, 0.4) is 0 Å². The van der Waals surface area contributed by atoms with Crippen LogP contribution in [0.15, 0.2) is 37.1 Å². The molecule has 4 fully saturated rings. The summed E-state index contributed by atoms with van der Waals surface area (Å²) in [6.45, 7) is 10.7. The Morgan fingerprint density at radius 3 is 2.53 bits per heavy atom. The fourth-order valence-electron chi connectivity index (χ4n) is 8.32. The number of carbonyl (C=O) groups excluding carboxylic acids is 1. The van der Waals surface area contributed by atoms with Gasteiger partial charge in [0.15, 0.2) is 12.4 Å². The molecule has 3 saturated heterocycles. The first kappa shape index (κ1) is 33.7. The number of hydrogen-bond donors (Lipinski definition) is 1. The van der Waals surface area contributed by atoms with Crippen molar-refractivity contribution in [2.45, 2.75) is 57.5 Å². The standard InChI is InChI=1S/C38H45F3N8O2/c1-4-30(50)49-21-37(22-49)11-15-48(16-12-37)35-27-19-26(25-8-9-25)32(31-24(2)7-10-29-28(31)20-42-45-29)34(51-23-38(39,40)41)33(27)43-36(44-35)46(3)17-18-47-13-5-6-14-47/h4,7,10,19-20,25H,1,5-6,8-9,11-18,21-23H2,2-3H3,(H,42,45). The largest absolute Gasteiger partial charge is 0.481 e. The van der Waals surface area contributed by atoms with Gasteiger partial charge in [0.2, 0.25) is 11.9 Å². The van der Waals surface area contributed by atoms with Crippen LogP contribution in [0.5, 0.6) is 5.75 Å². The molecule has 1 spiro atoms. The first-order chi connectivity index (χ1) is 24.5. The van der Waals surface area contributed by atoms with E-state index in [4.69, 9.17) is 14.7 Å². The quantitative estimate of drug-likeness (QED) is 0.189. The molecule has 1 N–H and O–H groups in total. The molecule has 270 valence electrons. The van der Waals surface area contributed by atoms with Gasteiger partial charge in [0.25, 0.3) is 0 Å². The molecule has 0 unspecified atom stereocenters. The van der Waals surface area contributed by atoms with Crippen molar-refractivity contribution in [2.75, 3.05) is 75.8 Å². The number of benzene rings is 2. The Morgan fingerprint density at radius 2 is 1.84 bits per heavy atom. The number of aryl methyl sites for hydroxylation is 1. The van der Waals surface area contributed by atoms with Gasteiger partial charge >= 0.3 is 6.18 Å². The number of piperidine rings is 1. The molecule has 8 rings (SSSR count). The average Bonchev–Trinajstić information content (AvgIpc) is 3.59. The third kappa shape index (κ3) is 6.49. The average molecular weight is 703 g/mol. The number of alkyl halides is 3. The van der Waals surface area contributed by atoms with E-state index < -0.39 is 12.8 Å². The van der Waals surface area contributed by atoms with Crippen molar-refractivity contribution in [1.82, 2.24) is 30.0 Å². The van der Waals surface area contributed by atoms with Gasteiger partial charge in [-0.25, -0.2) is 4.98 Å². The van der Waals surface area contributed by atoms with Gasteiger partial charge in [-0.3, -0.25) is 9.89 Å². The molecule has 51 heavy (non-hydrogen) atoms. The Labute approximate surface area is 295 Å². The first-order valence-corrected chi connectivity index (χ1v) is 18.1. The van der Waals surface area contributed by atoms with E-state index in [0.717, 1.165) is 78.7 Å². The van der Waals surface area contributed by atoms with E-state index in [2.05, 4.69) is 32.6 Å². The van der Waals surface area contributed by atoms with E-state index in [1.54, 1.807) is 6.20 Å². The summed E-state index contributed by atoms with van der Waals surface area (Å²) in [7, 11) is 1.96. The molecule has 0 atom stereocenters. The number of anilines is 2. The van der Waals surface area contributed by atoms with Crippen LogP contribution < -0.4 is 14.5 Å². The number of aromatic amines is 1. The predicted octanol–water partition coefficient (Wildman–Crippen LogP) is 6.45. The summed E-state index contributed by atoms with van der Waals surface area (Å²) in [5, 5.41) is 8.86. The molecule has 5 heterocycles. The lowest BCUT2D eigenvalue weighted by atomic mass is 9.72. The number of amides is 1. The third-order valence-corrected chi connectivity index (χ3v) is 11.4. The summed E-state index contributed by atoms with van der Waals surface area (Å²) in [6.07, 6.45) is 4.58. The van der Waals surface area contributed by atoms with Gasteiger partial charge in [0, 0.05) is 68.1 Å². The molecule has 4 aromatic rings. The van der Waals surface area contributed by atoms with Gasteiger partial charge < -0.3 is 24.3 Å². The second-order valence-electron chi connectivity index (χ2n) is 15.0. The minimum Gasteiger partial charge on any atom is -0.481 e. The van der Waals surface area contributed by atoms with Gasteiger partial charge in [-0.05, 0) is 99.4 Å². The van der Waals surface area contributed by atoms with Crippen LogP contribution >= 0.6 is 0 Å². The van der Waals surface area contributed by atoms with Crippen LogP contribution in [0.1, 0.15) is 55.6 Å². The van der Waals surface area contributed by atoms with Crippen LogP contribution in [-0.4, -0.2) is 108 Å². The van der Waals surface area contributed by atoms with Crippen molar-refractivity contribution in [1.29, 1.82) is 0 Å². The molecule has 1 aliphatic carbocycles. The smallest absolute Gasteiger partial charge is 0.422 e. The highest BCUT2D eigenvalue weighted by Crippen LogP contribution is 2.53. The molecule has 2 aromatic heterocycles. The van der Waals surface area contributed by atoms with Gasteiger partial charge in [-0.2, -0.15) is 23.3 Å². The number of H-pyrrole nitrogens is 1. The molecular weight excluding hydrogens is 657 g/mol. The normalized spacial score (nSPS) is 19.2. The van der Waals surface area contributed by atoms with Crippen LogP contribution in [0.25, 0.3) is 32.9 Å². The second-order valence-corrected chi connectivity index (χ2v) is 15.0. The molecule has 4 aliphatic rings. The number of halogens is 3. The lowest BCUT2D eigenvalue weighted by molar-refractivity contribution is -0.153. The predicted molar refractivity (Wildman–Crippen MR) is 192 cm³/mol. The number of nitrogens with one attached hydrogen (secondary N) is 1. The summed E-state index contributed by atoms with van der Waals surface area (Å²) >= 11 is 0. The molecule has 1 amide bonds. The molecule has 10 nitrogen and oxygen atoms in total. The SMILES string of the molecule is C=CC(=O)N1CC2(CCN(c3nc(N(C)CCN4CCCC4)nc4c(OCC(F)(F)F)c(-c5c(C)ccc6[nH]ncc56)c(C5CC5)cc34)CC2)C1. The van der Waals surface area contributed by atoms with E-state index in [1.165, 1.54) is 18.9 Å². The lowest BCUT2D eigenvalue weighted by Gasteiger charge is -2.54. The zero-order valence-electron chi connectivity index (χ0n) is 29.4. The Balaban J connectivity index is 1.28. The van der Waals surface area contributed by atoms with Crippen molar-refractivity contribution in [3.05, 3.63) is 48.2 Å². The fourth-order valence-corrected chi connectivity index (χ4v) is 8.32. The minimum absolute atomic E-state index is 0.0393. The third-order valence-electron chi connectivity index (χ3n) is 11.4. The highest BCUT2D eigenvalue weighted by atomic mass is 19.4. The van der Waals surface area contributed by atoms with Gasteiger partial charge in [0.05, 0.1) is 11.7 Å². The Morgan fingerprint density at radius 1 is 1.10 bits per heavy atom. The van der Waals surface area contributed by atoms with E-state index in [9.17, 15) is 18.0 Å². The number of likely N-dealkylation sites (N-methyl/N-ethyl adjacent to an activating group) is 1. The van der Waals surface area contributed by atoms with E-state index in [1.807, 2.05) is 35.9 Å². The number of rotatable bonds is 10. The van der Waals surface area contributed by atoms with Gasteiger partial charge in [0.1, 0.15) is 11.3 Å². The maximum absolute atomic E-state index is 14.0. The topological polar surface area (TPSA) is 93.7 Å². The molecule has 0 bridgehead atoms. The van der Waals surface area contributed by atoms with Crippen molar-refractivity contribution >= 4 is 39.5 Å². The summed E-state index contributed by atoms with van der Waals surface area (Å²) in [4.78, 5) is 31.0. The Bertz CT molecular complexity index is 1970. The molecular formula is C38H45F3N8O2. The highest BCUT2D eigenvalue weighted by Gasteiger charge is 2.46. The number of aromatic nitrogens is 4. The summed E-state index contributed by atoms with van der Waals surface area (Å²) < 4.78 is 48.1. The number of ether oxygens (including phenoxy) is 1. The van der Waals surface area contributed by atoms with Gasteiger partial charge in [-0.1, -0.05) is 12.6 Å². The van der Waals surface area contributed by atoms with E-state index >= 15 is 0 Å². The van der Waals surface area contributed by atoms with E-state index in [0.29, 0.717) is 55.1 Å². The monoisotopic (exact) mass is 702 g/mol. The number of hydrogen-bond acceptors (Lipinski definition) is 8. The van der Waals surface area contributed by atoms with Crippen molar-refractivity contribution in [3.8, 4) is 16.9 Å². The Hall–Kier alpha value is -4.39. The second kappa shape index (κ2) is 13.0. The van der Waals surface area contributed by atoms with Crippen LogP contribution in [0, 0.1) is 12.3 Å². The molecule has 0 radical (unpaired) electrons. The minimum atomic E-state index is -4.55. The maximum Gasteiger partial charge on any atom is 0.422 e. The maximum atomic E-state index is 14.0. The van der Waals surface area contributed by atoms with Crippen molar-refractivity contribution in [2.24, 2.45) is 5.41 Å². The van der Waals surface area contributed by atoms with Crippen LogP contribution in [0.2, 0.25) is 0 Å². The zero-order valence-corrected chi connectivity index (χ0v) is 29.4. The number of carbonyl (C=O) groups is 1. The summed E-state index contributed by atoms with van der Waals surface area (Å²) in [5.41, 5.74) is 4.60.